The Labute approximate surface area is 144 Å². The maximum Gasteiger partial charge on any atom is 0.242 e. The molecule has 3 rings (SSSR count). The van der Waals surface area contributed by atoms with Crippen LogP contribution in [0.5, 0.6) is 0 Å². The van der Waals surface area contributed by atoms with Gasteiger partial charge in [0.15, 0.2) is 0 Å². The van der Waals surface area contributed by atoms with Crippen LogP contribution in [-0.4, -0.2) is 21.0 Å². The third-order valence-electron chi connectivity index (χ3n) is 3.53. The topological polar surface area (TPSA) is 42.7 Å². The van der Waals surface area contributed by atoms with Gasteiger partial charge in [-0.3, -0.25) is 0 Å². The number of benzene rings is 1. The molecule has 0 radical (unpaired) electrons. The third kappa shape index (κ3) is 4.64. The van der Waals surface area contributed by atoms with Crippen molar-refractivity contribution in [2.45, 2.75) is 12.8 Å². The number of nitrogens with one attached hydrogen (secondary N) is 1. The van der Waals surface area contributed by atoms with Crippen LogP contribution >= 0.6 is 0 Å². The van der Waals surface area contributed by atoms with Crippen LogP contribution in [0.25, 0.3) is 0 Å². The van der Waals surface area contributed by atoms with E-state index in [9.17, 15) is 8.78 Å². The monoisotopic (exact) mass is 338 g/mol. The zero-order chi connectivity index (χ0) is 17.6. The molecule has 0 aliphatic carbocycles. The molecule has 6 heteroatoms. The molecule has 0 saturated heterocycles. The summed E-state index contributed by atoms with van der Waals surface area (Å²) < 4.78 is 26.6. The first kappa shape index (κ1) is 16.7. The molecule has 4 nitrogen and oxygen atoms in total. The summed E-state index contributed by atoms with van der Waals surface area (Å²) >= 11 is 0. The van der Waals surface area contributed by atoms with E-state index in [0.29, 0.717) is 11.3 Å². The van der Waals surface area contributed by atoms with E-state index in [4.69, 9.17) is 0 Å². The SMILES string of the molecule is Cn1cncc1C#Cc1cc(Nc2ccc(CC(F)F)cc2)ccn1. The number of aromatic nitrogens is 3. The number of hydrogen-bond acceptors (Lipinski definition) is 3. The number of hydrogen-bond donors (Lipinski definition) is 1. The number of pyridine rings is 1. The lowest BCUT2D eigenvalue weighted by atomic mass is 10.1. The quantitative estimate of drug-likeness (QED) is 0.737. The molecule has 0 aliphatic heterocycles. The second-order valence-corrected chi connectivity index (χ2v) is 5.49. The Balaban J connectivity index is 1.72. The van der Waals surface area contributed by atoms with Crippen LogP contribution in [0.3, 0.4) is 0 Å². The number of aryl methyl sites for hydroxylation is 1. The molecule has 0 atom stereocenters. The van der Waals surface area contributed by atoms with Gasteiger partial charge in [-0.2, -0.15) is 0 Å². The number of halogens is 2. The predicted octanol–water partition coefficient (Wildman–Crippen LogP) is 3.77. The van der Waals surface area contributed by atoms with Gasteiger partial charge in [-0.25, -0.2) is 18.7 Å². The molecule has 0 fully saturated rings. The molecular formula is C19H16F2N4. The first-order chi connectivity index (χ1) is 12.1. The van der Waals surface area contributed by atoms with E-state index in [0.717, 1.165) is 17.1 Å². The predicted molar refractivity (Wildman–Crippen MR) is 92.9 cm³/mol. The second kappa shape index (κ2) is 7.58. The van der Waals surface area contributed by atoms with E-state index >= 15 is 0 Å². The molecule has 0 unspecified atom stereocenters. The van der Waals surface area contributed by atoms with E-state index in [-0.39, 0.29) is 6.42 Å². The second-order valence-electron chi connectivity index (χ2n) is 5.49. The lowest BCUT2D eigenvalue weighted by Gasteiger charge is -2.07. The normalized spacial score (nSPS) is 10.4. The zero-order valence-corrected chi connectivity index (χ0v) is 13.6. The maximum atomic E-state index is 12.4. The summed E-state index contributed by atoms with van der Waals surface area (Å²) in [6.07, 6.45) is 2.48. The lowest BCUT2D eigenvalue weighted by Crippen LogP contribution is -1.97. The lowest BCUT2D eigenvalue weighted by molar-refractivity contribution is 0.149. The average Bonchev–Trinajstić information content (AvgIpc) is 3.00. The van der Waals surface area contributed by atoms with Crippen molar-refractivity contribution in [3.8, 4) is 11.8 Å². The van der Waals surface area contributed by atoms with Crippen LogP contribution in [0.15, 0.2) is 55.1 Å². The Morgan fingerprint density at radius 2 is 1.92 bits per heavy atom. The van der Waals surface area contributed by atoms with Crippen LogP contribution in [0, 0.1) is 11.8 Å². The largest absolute Gasteiger partial charge is 0.355 e. The molecule has 0 saturated carbocycles. The van der Waals surface area contributed by atoms with Crippen molar-refractivity contribution >= 4 is 11.4 Å². The maximum absolute atomic E-state index is 12.4. The molecule has 3 aromatic rings. The van der Waals surface area contributed by atoms with Crippen molar-refractivity contribution in [3.05, 3.63) is 72.1 Å². The zero-order valence-electron chi connectivity index (χ0n) is 13.6. The van der Waals surface area contributed by atoms with Crippen molar-refractivity contribution in [2.24, 2.45) is 7.05 Å². The Morgan fingerprint density at radius 1 is 1.12 bits per heavy atom. The standard InChI is InChI=1S/C19H16F2N4/c1-25-13-22-12-18(25)7-6-16-11-17(8-9-23-16)24-15-4-2-14(3-5-15)10-19(20)21/h2-5,8-9,11-13,19H,10H2,1H3,(H,23,24). The van der Waals surface area contributed by atoms with Crippen LogP contribution in [0.2, 0.25) is 0 Å². The van der Waals surface area contributed by atoms with E-state index in [1.807, 2.05) is 23.7 Å². The average molecular weight is 338 g/mol. The molecule has 25 heavy (non-hydrogen) atoms. The summed E-state index contributed by atoms with van der Waals surface area (Å²) in [6, 6.07) is 10.6. The summed E-state index contributed by atoms with van der Waals surface area (Å²) in [5.74, 6) is 6.01. The highest BCUT2D eigenvalue weighted by atomic mass is 19.3. The molecule has 0 spiro atoms. The van der Waals surface area contributed by atoms with Gasteiger partial charge >= 0.3 is 0 Å². The summed E-state index contributed by atoms with van der Waals surface area (Å²) in [7, 11) is 1.88. The summed E-state index contributed by atoms with van der Waals surface area (Å²) in [6.45, 7) is 0. The van der Waals surface area contributed by atoms with Crippen molar-refractivity contribution in [2.75, 3.05) is 5.32 Å². The van der Waals surface area contributed by atoms with Gasteiger partial charge in [0.2, 0.25) is 6.43 Å². The number of imidazole rings is 1. The highest BCUT2D eigenvalue weighted by Gasteiger charge is 2.04. The van der Waals surface area contributed by atoms with E-state index in [2.05, 4.69) is 27.1 Å². The number of nitrogens with zero attached hydrogens (tertiary/aromatic N) is 3. The minimum Gasteiger partial charge on any atom is -0.355 e. The van der Waals surface area contributed by atoms with Gasteiger partial charge in [0.25, 0.3) is 0 Å². The molecule has 1 aromatic carbocycles. The molecule has 2 heterocycles. The Kier molecular flexibility index (Phi) is 5.05. The highest BCUT2D eigenvalue weighted by molar-refractivity contribution is 5.60. The Bertz CT molecular complexity index is 905. The fraction of sp³-hybridized carbons (Fsp3) is 0.158. The van der Waals surface area contributed by atoms with Gasteiger partial charge in [-0.1, -0.05) is 12.1 Å². The van der Waals surface area contributed by atoms with Gasteiger partial charge in [-0.15, -0.1) is 0 Å². The van der Waals surface area contributed by atoms with Gasteiger partial charge in [0.1, 0.15) is 11.4 Å². The number of alkyl halides is 2. The Hall–Kier alpha value is -3.20. The highest BCUT2D eigenvalue weighted by Crippen LogP contribution is 2.18. The van der Waals surface area contributed by atoms with Crippen LogP contribution in [-0.2, 0) is 13.5 Å². The first-order valence-corrected chi connectivity index (χ1v) is 7.68. The molecular weight excluding hydrogens is 322 g/mol. The number of rotatable bonds is 4. The van der Waals surface area contributed by atoms with E-state index < -0.39 is 6.43 Å². The van der Waals surface area contributed by atoms with E-state index in [1.54, 1.807) is 43.0 Å². The van der Waals surface area contributed by atoms with Crippen LogP contribution in [0.4, 0.5) is 20.2 Å². The summed E-state index contributed by atoms with van der Waals surface area (Å²) in [4.78, 5) is 8.24. The summed E-state index contributed by atoms with van der Waals surface area (Å²) in [5, 5.41) is 3.22. The van der Waals surface area contributed by atoms with Crippen molar-refractivity contribution in [1.82, 2.24) is 14.5 Å². The van der Waals surface area contributed by atoms with Gasteiger partial charge in [0, 0.05) is 31.0 Å². The molecule has 0 bridgehead atoms. The van der Waals surface area contributed by atoms with Gasteiger partial charge in [0.05, 0.1) is 12.5 Å². The fourth-order valence-electron chi connectivity index (χ4n) is 2.25. The third-order valence-corrected chi connectivity index (χ3v) is 3.53. The number of anilines is 2. The minimum absolute atomic E-state index is 0.233. The fourth-order valence-corrected chi connectivity index (χ4v) is 2.25. The molecule has 0 aliphatic rings. The summed E-state index contributed by atoms with van der Waals surface area (Å²) in [5.41, 5.74) is 3.67. The minimum atomic E-state index is -2.33. The van der Waals surface area contributed by atoms with Crippen molar-refractivity contribution in [1.29, 1.82) is 0 Å². The van der Waals surface area contributed by atoms with Gasteiger partial charge in [-0.05, 0) is 41.7 Å². The Morgan fingerprint density at radius 3 is 2.60 bits per heavy atom. The van der Waals surface area contributed by atoms with E-state index in [1.165, 1.54) is 0 Å². The first-order valence-electron chi connectivity index (χ1n) is 7.68. The van der Waals surface area contributed by atoms with Crippen LogP contribution in [0.1, 0.15) is 17.0 Å². The molecule has 0 amide bonds. The van der Waals surface area contributed by atoms with Gasteiger partial charge < -0.3 is 9.88 Å². The van der Waals surface area contributed by atoms with Crippen LogP contribution < -0.4 is 5.32 Å². The smallest absolute Gasteiger partial charge is 0.242 e. The molecule has 126 valence electrons. The van der Waals surface area contributed by atoms with Crippen molar-refractivity contribution < 1.29 is 8.78 Å². The van der Waals surface area contributed by atoms with Crippen molar-refractivity contribution in [3.63, 3.8) is 0 Å². The molecule has 2 aromatic heterocycles. The molecule has 1 N–H and O–H groups in total.